The van der Waals surface area contributed by atoms with Crippen LogP contribution in [0.3, 0.4) is 0 Å². The molecule has 4 rings (SSSR count). The summed E-state index contributed by atoms with van der Waals surface area (Å²) >= 11 is 0. The van der Waals surface area contributed by atoms with Crippen LogP contribution < -0.4 is 0 Å². The van der Waals surface area contributed by atoms with Crippen molar-refractivity contribution < 1.29 is 0 Å². The van der Waals surface area contributed by atoms with Gasteiger partial charge in [-0.1, -0.05) is 72.3 Å². The Morgan fingerprint density at radius 1 is 0.875 bits per heavy atom. The maximum absolute atomic E-state index is 4.71. The molecular formula is C23H19N. The lowest BCUT2D eigenvalue weighted by Gasteiger charge is -2.11. The maximum Gasteiger partial charge on any atom is 0.0629 e. The van der Waals surface area contributed by atoms with Gasteiger partial charge in [0.1, 0.15) is 0 Å². The normalized spacial score (nSPS) is 14.2. The molecule has 0 heterocycles. The van der Waals surface area contributed by atoms with Crippen molar-refractivity contribution in [1.82, 2.24) is 0 Å². The van der Waals surface area contributed by atoms with Crippen LogP contribution >= 0.6 is 0 Å². The molecule has 0 amide bonds. The van der Waals surface area contributed by atoms with Crippen LogP contribution in [0, 0.1) is 0 Å². The Morgan fingerprint density at radius 3 is 2.46 bits per heavy atom. The summed E-state index contributed by atoms with van der Waals surface area (Å²) in [6.45, 7) is 2.16. The Bertz CT molecular complexity index is 975. The van der Waals surface area contributed by atoms with Crippen LogP contribution in [0.1, 0.15) is 24.5 Å². The Labute approximate surface area is 142 Å². The molecule has 0 aromatic heterocycles. The fourth-order valence-corrected chi connectivity index (χ4v) is 3.22. The van der Waals surface area contributed by atoms with Gasteiger partial charge >= 0.3 is 0 Å². The lowest BCUT2D eigenvalue weighted by Crippen LogP contribution is -1.93. The third-order valence-electron chi connectivity index (χ3n) is 4.46. The standard InChI is InChI=1S/C23H19N/c1-17-11-12-19(15-17)22-14-13-18-7-5-6-10-21(18)23(22)16-24-20-8-3-2-4-9-20/h2-11,13-16H,12H2,1H3. The second kappa shape index (κ2) is 6.29. The van der Waals surface area contributed by atoms with Crippen LogP contribution in [-0.4, -0.2) is 6.21 Å². The molecule has 0 radical (unpaired) electrons. The molecular weight excluding hydrogens is 290 g/mol. The second-order valence-corrected chi connectivity index (χ2v) is 6.16. The predicted octanol–water partition coefficient (Wildman–Crippen LogP) is 6.32. The number of fused-ring (bicyclic) bond motifs is 1. The molecule has 1 heteroatoms. The molecule has 1 aliphatic carbocycles. The topological polar surface area (TPSA) is 12.4 Å². The van der Waals surface area contributed by atoms with Crippen molar-refractivity contribution in [2.75, 3.05) is 0 Å². The summed E-state index contributed by atoms with van der Waals surface area (Å²) in [4.78, 5) is 4.71. The number of aliphatic imine (C=N–C) groups is 1. The average Bonchev–Trinajstić information content (AvgIpc) is 3.06. The van der Waals surface area contributed by atoms with E-state index in [1.54, 1.807) is 0 Å². The van der Waals surface area contributed by atoms with Crippen LogP contribution in [-0.2, 0) is 0 Å². The minimum Gasteiger partial charge on any atom is -0.256 e. The van der Waals surface area contributed by atoms with E-state index in [2.05, 4.69) is 55.5 Å². The lowest BCUT2D eigenvalue weighted by atomic mass is 9.94. The van der Waals surface area contributed by atoms with Gasteiger partial charge in [0, 0.05) is 11.8 Å². The Morgan fingerprint density at radius 2 is 1.67 bits per heavy atom. The zero-order chi connectivity index (χ0) is 16.4. The third kappa shape index (κ3) is 2.81. The van der Waals surface area contributed by atoms with Gasteiger partial charge in [-0.3, -0.25) is 4.99 Å². The van der Waals surface area contributed by atoms with Gasteiger partial charge in [-0.25, -0.2) is 0 Å². The minimum atomic E-state index is 0.978. The molecule has 24 heavy (non-hydrogen) atoms. The van der Waals surface area contributed by atoms with Crippen LogP contribution in [0.15, 0.2) is 89.4 Å². The second-order valence-electron chi connectivity index (χ2n) is 6.16. The first kappa shape index (κ1) is 14.6. The van der Waals surface area contributed by atoms with Crippen LogP contribution in [0.2, 0.25) is 0 Å². The van der Waals surface area contributed by atoms with E-state index in [0.717, 1.165) is 12.1 Å². The molecule has 0 spiro atoms. The van der Waals surface area contributed by atoms with Crippen molar-refractivity contribution in [3.8, 4) is 0 Å². The van der Waals surface area contributed by atoms with E-state index in [1.165, 1.54) is 33.0 Å². The van der Waals surface area contributed by atoms with Gasteiger partial charge in [0.05, 0.1) is 5.69 Å². The number of hydrogen-bond acceptors (Lipinski definition) is 1. The summed E-state index contributed by atoms with van der Waals surface area (Å²) in [6.07, 6.45) is 7.57. The van der Waals surface area contributed by atoms with Gasteiger partial charge in [0.2, 0.25) is 0 Å². The molecule has 0 fully saturated rings. The van der Waals surface area contributed by atoms with Crippen molar-refractivity contribution in [1.29, 1.82) is 0 Å². The van der Waals surface area contributed by atoms with Crippen molar-refractivity contribution in [3.63, 3.8) is 0 Å². The van der Waals surface area contributed by atoms with Gasteiger partial charge in [-0.05, 0) is 47.4 Å². The van der Waals surface area contributed by atoms with E-state index in [-0.39, 0.29) is 0 Å². The van der Waals surface area contributed by atoms with E-state index < -0.39 is 0 Å². The molecule has 1 nitrogen and oxygen atoms in total. The van der Waals surface area contributed by atoms with Gasteiger partial charge < -0.3 is 0 Å². The van der Waals surface area contributed by atoms with Gasteiger partial charge in [-0.2, -0.15) is 0 Å². The van der Waals surface area contributed by atoms with Crippen molar-refractivity contribution in [2.24, 2.45) is 4.99 Å². The quantitative estimate of drug-likeness (QED) is 0.502. The molecule has 116 valence electrons. The first-order valence-electron chi connectivity index (χ1n) is 8.30. The van der Waals surface area contributed by atoms with Gasteiger partial charge in [-0.15, -0.1) is 0 Å². The largest absolute Gasteiger partial charge is 0.256 e. The molecule has 1 aliphatic rings. The Hall–Kier alpha value is -2.93. The molecule has 0 atom stereocenters. The fourth-order valence-electron chi connectivity index (χ4n) is 3.22. The monoisotopic (exact) mass is 309 g/mol. The van der Waals surface area contributed by atoms with Crippen LogP contribution in [0.25, 0.3) is 16.3 Å². The number of para-hydroxylation sites is 1. The van der Waals surface area contributed by atoms with E-state index in [1.807, 2.05) is 36.5 Å². The third-order valence-corrected chi connectivity index (χ3v) is 4.46. The van der Waals surface area contributed by atoms with E-state index in [0.29, 0.717) is 0 Å². The first-order valence-corrected chi connectivity index (χ1v) is 8.30. The van der Waals surface area contributed by atoms with E-state index in [9.17, 15) is 0 Å². The minimum absolute atomic E-state index is 0.978. The SMILES string of the molecule is CC1=CCC(c2ccc3ccccc3c2C=Nc2ccccc2)=C1. The number of hydrogen-bond donors (Lipinski definition) is 0. The highest BCUT2D eigenvalue weighted by Crippen LogP contribution is 2.32. The van der Waals surface area contributed by atoms with Gasteiger partial charge in [0.25, 0.3) is 0 Å². The number of rotatable bonds is 3. The molecule has 0 bridgehead atoms. The maximum atomic E-state index is 4.71. The smallest absolute Gasteiger partial charge is 0.0629 e. The predicted molar refractivity (Wildman–Crippen MR) is 104 cm³/mol. The van der Waals surface area contributed by atoms with Crippen LogP contribution in [0.5, 0.6) is 0 Å². The first-order chi connectivity index (χ1) is 11.8. The highest BCUT2D eigenvalue weighted by molar-refractivity contribution is 6.05. The highest BCUT2D eigenvalue weighted by Gasteiger charge is 2.12. The zero-order valence-corrected chi connectivity index (χ0v) is 13.7. The summed E-state index contributed by atoms with van der Waals surface area (Å²) in [5.41, 5.74) is 6.16. The van der Waals surface area contributed by atoms with Crippen molar-refractivity contribution in [2.45, 2.75) is 13.3 Å². The summed E-state index contributed by atoms with van der Waals surface area (Å²) in [5, 5.41) is 2.50. The molecule has 0 saturated heterocycles. The number of allylic oxidation sites excluding steroid dienone is 4. The summed E-state index contributed by atoms with van der Waals surface area (Å²) < 4.78 is 0. The Kier molecular flexibility index (Phi) is 3.84. The summed E-state index contributed by atoms with van der Waals surface area (Å²) in [6, 6.07) is 23.1. The molecule has 0 N–H and O–H groups in total. The van der Waals surface area contributed by atoms with Crippen molar-refractivity contribution in [3.05, 3.63) is 95.6 Å². The number of nitrogens with zero attached hydrogens (tertiary/aromatic N) is 1. The van der Waals surface area contributed by atoms with E-state index in [4.69, 9.17) is 4.99 Å². The van der Waals surface area contributed by atoms with E-state index >= 15 is 0 Å². The average molecular weight is 309 g/mol. The molecule has 3 aromatic rings. The lowest BCUT2D eigenvalue weighted by molar-refractivity contribution is 1.41. The Balaban J connectivity index is 1.87. The van der Waals surface area contributed by atoms with Crippen molar-refractivity contribution >= 4 is 28.2 Å². The van der Waals surface area contributed by atoms with Gasteiger partial charge in [0.15, 0.2) is 0 Å². The zero-order valence-electron chi connectivity index (χ0n) is 13.7. The summed E-state index contributed by atoms with van der Waals surface area (Å²) in [5.74, 6) is 0. The number of benzene rings is 3. The fraction of sp³-hybridized carbons (Fsp3) is 0.0870. The van der Waals surface area contributed by atoms with Crippen LogP contribution in [0.4, 0.5) is 5.69 Å². The molecule has 0 saturated carbocycles. The molecule has 0 unspecified atom stereocenters. The molecule has 0 aliphatic heterocycles. The summed E-state index contributed by atoms with van der Waals surface area (Å²) in [7, 11) is 0. The molecule has 3 aromatic carbocycles. The highest BCUT2D eigenvalue weighted by atomic mass is 14.7.